The van der Waals surface area contributed by atoms with Crippen molar-refractivity contribution in [2.75, 3.05) is 0 Å². The monoisotopic (exact) mass is 676 g/mol. The van der Waals surface area contributed by atoms with Crippen LogP contribution in [0.25, 0.3) is 109 Å². The van der Waals surface area contributed by atoms with Gasteiger partial charge in [0.2, 0.25) is 0 Å². The van der Waals surface area contributed by atoms with Gasteiger partial charge in [-0.2, -0.15) is 0 Å². The molecule has 5 nitrogen and oxygen atoms in total. The minimum Gasteiger partial charge on any atom is -0.456 e. The summed E-state index contributed by atoms with van der Waals surface area (Å²) in [7, 11) is 0. The smallest absolute Gasteiger partial charge is 0.167 e. The van der Waals surface area contributed by atoms with Gasteiger partial charge in [-0.05, 0) is 53.6 Å². The van der Waals surface area contributed by atoms with E-state index < -0.39 is 30.2 Å². The van der Waals surface area contributed by atoms with Crippen LogP contribution in [0.4, 0.5) is 0 Å². The molecule has 0 unspecified atom stereocenters. The molecule has 4 heterocycles. The van der Waals surface area contributed by atoms with Crippen LogP contribution in [0.1, 0.15) is 6.85 Å². The van der Waals surface area contributed by atoms with Crippen molar-refractivity contribution in [1.29, 1.82) is 0 Å². The molecular formula is C45H25N3O2S. The Morgan fingerprint density at radius 2 is 1.14 bits per heavy atom. The molecule has 0 saturated heterocycles. The second-order valence-electron chi connectivity index (χ2n) is 12.4. The molecule has 0 aliphatic heterocycles. The predicted octanol–water partition coefficient (Wildman–Crippen LogP) is 12.7. The van der Waals surface area contributed by atoms with Crippen molar-refractivity contribution < 1.29 is 15.7 Å². The molecule has 0 bridgehead atoms. The van der Waals surface area contributed by atoms with Crippen molar-refractivity contribution in [3.8, 4) is 45.3 Å². The SMILES string of the molecule is [2H]c1c([2H])c([2H])c(-c2nc(-c3ccc4c(c3)oc3ccc(-c5cccc6c5sc5ccccc56)cc34)nc(-c3cccc4c3oc3ccccc34)n2)c([2H])c1[2H]. The second kappa shape index (κ2) is 10.9. The van der Waals surface area contributed by atoms with Crippen LogP contribution in [0.5, 0.6) is 0 Å². The van der Waals surface area contributed by atoms with Gasteiger partial charge in [0.15, 0.2) is 17.5 Å². The molecule has 11 rings (SSSR count). The van der Waals surface area contributed by atoms with Crippen LogP contribution >= 0.6 is 11.3 Å². The van der Waals surface area contributed by atoms with E-state index in [0.29, 0.717) is 27.9 Å². The lowest BCUT2D eigenvalue weighted by Crippen LogP contribution is -2.00. The first-order chi connectivity index (χ1) is 27.3. The van der Waals surface area contributed by atoms with Gasteiger partial charge in [-0.15, -0.1) is 11.3 Å². The van der Waals surface area contributed by atoms with E-state index in [1.807, 2.05) is 66.7 Å². The van der Waals surface area contributed by atoms with Gasteiger partial charge in [0.25, 0.3) is 0 Å². The first-order valence-corrected chi connectivity index (χ1v) is 17.3. The number of fused-ring (bicyclic) bond motifs is 9. The molecule has 0 spiro atoms. The summed E-state index contributed by atoms with van der Waals surface area (Å²) in [6.45, 7) is 0. The van der Waals surface area contributed by atoms with Gasteiger partial charge in [0.05, 0.1) is 12.4 Å². The predicted molar refractivity (Wildman–Crippen MR) is 209 cm³/mol. The number of hydrogen-bond acceptors (Lipinski definition) is 6. The minimum absolute atomic E-state index is 0.0557. The van der Waals surface area contributed by atoms with Crippen LogP contribution in [0.2, 0.25) is 0 Å². The third-order valence-corrected chi connectivity index (χ3v) is 10.7. The number of aromatic nitrogens is 3. The zero-order valence-electron chi connectivity index (χ0n) is 31.6. The molecule has 0 amide bonds. The number of para-hydroxylation sites is 2. The molecule has 0 atom stereocenters. The van der Waals surface area contributed by atoms with E-state index in [1.165, 1.54) is 20.2 Å². The molecule has 6 heteroatoms. The normalized spacial score (nSPS) is 13.3. The number of hydrogen-bond donors (Lipinski definition) is 0. The van der Waals surface area contributed by atoms with E-state index in [4.69, 9.17) is 30.6 Å². The van der Waals surface area contributed by atoms with Crippen molar-refractivity contribution >= 4 is 75.4 Å². The van der Waals surface area contributed by atoms with Gasteiger partial charge >= 0.3 is 0 Å². The lowest BCUT2D eigenvalue weighted by molar-refractivity contribution is 0.668. The molecule has 0 radical (unpaired) electrons. The van der Waals surface area contributed by atoms with Crippen LogP contribution < -0.4 is 0 Å². The van der Waals surface area contributed by atoms with Gasteiger partial charge in [-0.25, -0.2) is 15.0 Å². The maximum absolute atomic E-state index is 8.74. The number of nitrogens with zero attached hydrogens (tertiary/aromatic N) is 3. The van der Waals surface area contributed by atoms with Gasteiger partial charge in [0.1, 0.15) is 22.3 Å². The summed E-state index contributed by atoms with van der Waals surface area (Å²) in [6, 6.07) is 38.1. The Kier molecular flexibility index (Phi) is 5.08. The third kappa shape index (κ3) is 4.43. The molecule has 0 fully saturated rings. The summed E-state index contributed by atoms with van der Waals surface area (Å²) in [4.78, 5) is 14.4. The maximum Gasteiger partial charge on any atom is 0.167 e. The van der Waals surface area contributed by atoms with Crippen LogP contribution in [-0.2, 0) is 0 Å². The largest absolute Gasteiger partial charge is 0.456 e. The van der Waals surface area contributed by atoms with Crippen LogP contribution in [0.3, 0.4) is 0 Å². The Morgan fingerprint density at radius 3 is 2.04 bits per heavy atom. The quantitative estimate of drug-likeness (QED) is 0.186. The fourth-order valence-corrected chi connectivity index (χ4v) is 8.32. The fraction of sp³-hybridized carbons (Fsp3) is 0. The molecule has 0 N–H and O–H groups in total. The average Bonchev–Trinajstić information content (AvgIpc) is 3.93. The van der Waals surface area contributed by atoms with Gasteiger partial charge in [0, 0.05) is 52.8 Å². The Bertz CT molecular complexity index is 3430. The zero-order valence-corrected chi connectivity index (χ0v) is 27.4. The third-order valence-electron chi connectivity index (χ3n) is 9.45. The van der Waals surface area contributed by atoms with E-state index in [9.17, 15) is 0 Å². The molecule has 7 aromatic carbocycles. The number of benzene rings is 7. The standard InChI is InChI=1S/C45H25N3O2S/c1-2-10-26(11-3-1)43-46-44(48-45(47-43)35-17-9-15-33-30-12-4-6-18-37(30)50-41(33)35)28-20-22-31-36-24-27(21-23-38(36)49-39(31)25-28)29-14-8-16-34-32-13-5-7-19-40(32)51-42(29)34/h1-25H/i1D,2D,3D,10D,11D. The topological polar surface area (TPSA) is 65.0 Å². The Balaban J connectivity index is 1.10. The first kappa shape index (κ1) is 23.7. The molecule has 4 aromatic heterocycles. The van der Waals surface area contributed by atoms with Crippen molar-refractivity contribution in [3.05, 3.63) is 152 Å². The molecular weight excluding hydrogens is 647 g/mol. The van der Waals surface area contributed by atoms with Gasteiger partial charge in [-0.1, -0.05) is 109 Å². The highest BCUT2D eigenvalue weighted by Gasteiger charge is 2.19. The van der Waals surface area contributed by atoms with Crippen LogP contribution in [-0.4, -0.2) is 15.0 Å². The number of thiophene rings is 1. The highest BCUT2D eigenvalue weighted by Crippen LogP contribution is 2.42. The lowest BCUT2D eigenvalue weighted by Gasteiger charge is -2.09. The van der Waals surface area contributed by atoms with Crippen LogP contribution in [0.15, 0.2) is 160 Å². The van der Waals surface area contributed by atoms with Gasteiger partial charge in [-0.3, -0.25) is 0 Å². The van der Waals surface area contributed by atoms with Gasteiger partial charge < -0.3 is 8.83 Å². The highest BCUT2D eigenvalue weighted by atomic mass is 32.1. The fourth-order valence-electron chi connectivity index (χ4n) is 7.08. The molecule has 0 aliphatic carbocycles. The molecule has 0 saturated carbocycles. The Labute approximate surface area is 302 Å². The summed E-state index contributed by atoms with van der Waals surface area (Å²) in [5, 5.41) is 6.18. The summed E-state index contributed by atoms with van der Waals surface area (Å²) >= 11 is 1.80. The van der Waals surface area contributed by atoms with Crippen LogP contribution in [0, 0.1) is 0 Å². The average molecular weight is 677 g/mol. The first-order valence-electron chi connectivity index (χ1n) is 18.9. The van der Waals surface area contributed by atoms with Crippen molar-refractivity contribution in [2.24, 2.45) is 0 Å². The molecule has 0 aliphatic rings. The molecule has 11 aromatic rings. The van der Waals surface area contributed by atoms with E-state index in [-0.39, 0.29) is 23.0 Å². The van der Waals surface area contributed by atoms with E-state index in [2.05, 4.69) is 54.6 Å². The van der Waals surface area contributed by atoms with E-state index in [1.54, 1.807) is 11.3 Å². The summed E-state index contributed by atoms with van der Waals surface area (Å²) in [5.74, 6) is 0.413. The van der Waals surface area contributed by atoms with Crippen molar-refractivity contribution in [2.45, 2.75) is 0 Å². The Morgan fingerprint density at radius 1 is 0.451 bits per heavy atom. The lowest BCUT2D eigenvalue weighted by atomic mass is 10.0. The summed E-state index contributed by atoms with van der Waals surface area (Å²) < 4.78 is 57.6. The number of furan rings is 2. The van der Waals surface area contributed by atoms with Crippen molar-refractivity contribution in [1.82, 2.24) is 15.0 Å². The number of rotatable bonds is 4. The zero-order chi connectivity index (χ0) is 37.8. The minimum atomic E-state index is -0.496. The summed E-state index contributed by atoms with van der Waals surface area (Å²) in [6.07, 6.45) is 0. The molecule has 238 valence electrons. The Hall–Kier alpha value is -6.63. The molecule has 51 heavy (non-hydrogen) atoms. The van der Waals surface area contributed by atoms with Crippen molar-refractivity contribution in [3.63, 3.8) is 0 Å². The summed E-state index contributed by atoms with van der Waals surface area (Å²) in [5.41, 5.74) is 5.92. The van der Waals surface area contributed by atoms with E-state index >= 15 is 0 Å². The maximum atomic E-state index is 8.74. The van der Waals surface area contributed by atoms with E-state index in [0.717, 1.165) is 38.3 Å². The highest BCUT2D eigenvalue weighted by molar-refractivity contribution is 7.26. The second-order valence-corrected chi connectivity index (χ2v) is 13.4.